The third-order valence-corrected chi connectivity index (χ3v) is 4.28. The number of carbonyl (C=O) groups excluding carboxylic acids is 1. The van der Waals surface area contributed by atoms with Crippen molar-refractivity contribution in [3.05, 3.63) is 29.6 Å². The standard InChI is InChI=1S/C17H25N3O3/c1-12-9-14(16(21)22)11-20(10-12)17(23)19-8-4-6-15-13(2)5-3-7-18-15/h3,5,7,12,14H,4,6,8-11H2,1-2H3,(H,19,23)(H,21,22). The largest absolute Gasteiger partial charge is 0.481 e. The van der Waals surface area contributed by atoms with Crippen LogP contribution in [0, 0.1) is 18.8 Å². The molecular formula is C17H25N3O3. The maximum atomic E-state index is 12.2. The number of piperidine rings is 1. The zero-order valence-electron chi connectivity index (χ0n) is 13.8. The second-order valence-electron chi connectivity index (χ2n) is 6.38. The smallest absolute Gasteiger partial charge is 0.317 e. The summed E-state index contributed by atoms with van der Waals surface area (Å²) < 4.78 is 0. The molecule has 1 fully saturated rings. The van der Waals surface area contributed by atoms with E-state index in [1.54, 1.807) is 11.1 Å². The number of nitrogens with zero attached hydrogens (tertiary/aromatic N) is 2. The fourth-order valence-electron chi connectivity index (χ4n) is 3.04. The van der Waals surface area contributed by atoms with Crippen molar-refractivity contribution in [2.75, 3.05) is 19.6 Å². The van der Waals surface area contributed by atoms with Gasteiger partial charge in [0.15, 0.2) is 0 Å². The first-order valence-electron chi connectivity index (χ1n) is 8.13. The summed E-state index contributed by atoms with van der Waals surface area (Å²) in [6.07, 6.45) is 4.05. The number of urea groups is 1. The molecule has 1 aromatic heterocycles. The summed E-state index contributed by atoms with van der Waals surface area (Å²) in [5, 5.41) is 12.0. The first kappa shape index (κ1) is 17.2. The number of aryl methyl sites for hydroxylation is 2. The van der Waals surface area contributed by atoms with Gasteiger partial charge in [-0.3, -0.25) is 9.78 Å². The molecule has 0 aliphatic carbocycles. The van der Waals surface area contributed by atoms with Crippen LogP contribution in [0.1, 0.15) is 31.0 Å². The van der Waals surface area contributed by atoms with Crippen LogP contribution in [0.4, 0.5) is 4.79 Å². The Morgan fingerprint density at radius 3 is 2.91 bits per heavy atom. The minimum atomic E-state index is -0.819. The van der Waals surface area contributed by atoms with Crippen LogP contribution in [-0.2, 0) is 11.2 Å². The normalized spacial score (nSPS) is 21.0. The van der Waals surface area contributed by atoms with E-state index in [1.807, 2.05) is 26.0 Å². The fraction of sp³-hybridized carbons (Fsp3) is 0.588. The van der Waals surface area contributed by atoms with E-state index in [1.165, 1.54) is 0 Å². The predicted molar refractivity (Wildman–Crippen MR) is 87.2 cm³/mol. The van der Waals surface area contributed by atoms with Gasteiger partial charge in [0, 0.05) is 31.5 Å². The van der Waals surface area contributed by atoms with E-state index < -0.39 is 11.9 Å². The molecule has 2 atom stereocenters. The van der Waals surface area contributed by atoms with E-state index in [2.05, 4.69) is 10.3 Å². The molecule has 23 heavy (non-hydrogen) atoms. The molecule has 0 saturated carbocycles. The molecule has 0 bridgehead atoms. The molecule has 1 aliphatic rings. The molecule has 0 aromatic carbocycles. The number of aromatic nitrogens is 1. The van der Waals surface area contributed by atoms with Crippen LogP contribution in [0.3, 0.4) is 0 Å². The van der Waals surface area contributed by atoms with Gasteiger partial charge in [-0.25, -0.2) is 4.79 Å². The minimum absolute atomic E-state index is 0.166. The average molecular weight is 319 g/mol. The lowest BCUT2D eigenvalue weighted by molar-refractivity contribution is -0.143. The Bertz CT molecular complexity index is 562. The highest BCUT2D eigenvalue weighted by atomic mass is 16.4. The van der Waals surface area contributed by atoms with Gasteiger partial charge in [-0.1, -0.05) is 13.0 Å². The van der Waals surface area contributed by atoms with Gasteiger partial charge in [-0.05, 0) is 43.7 Å². The zero-order valence-corrected chi connectivity index (χ0v) is 13.8. The van der Waals surface area contributed by atoms with Crippen LogP contribution in [0.15, 0.2) is 18.3 Å². The number of nitrogens with one attached hydrogen (secondary N) is 1. The first-order valence-corrected chi connectivity index (χ1v) is 8.13. The summed E-state index contributed by atoms with van der Waals surface area (Å²) in [4.78, 5) is 29.3. The van der Waals surface area contributed by atoms with Crippen molar-refractivity contribution in [2.45, 2.75) is 33.1 Å². The highest BCUT2D eigenvalue weighted by molar-refractivity contribution is 5.76. The molecule has 1 aromatic rings. The number of amides is 2. The number of rotatable bonds is 5. The van der Waals surface area contributed by atoms with Crippen molar-refractivity contribution >= 4 is 12.0 Å². The molecule has 1 aliphatic heterocycles. The van der Waals surface area contributed by atoms with Crippen molar-refractivity contribution in [2.24, 2.45) is 11.8 Å². The van der Waals surface area contributed by atoms with Crippen molar-refractivity contribution in [1.29, 1.82) is 0 Å². The van der Waals surface area contributed by atoms with Gasteiger partial charge in [0.05, 0.1) is 5.92 Å². The monoisotopic (exact) mass is 319 g/mol. The van der Waals surface area contributed by atoms with E-state index in [4.69, 9.17) is 5.11 Å². The van der Waals surface area contributed by atoms with Gasteiger partial charge in [0.1, 0.15) is 0 Å². The van der Waals surface area contributed by atoms with E-state index in [9.17, 15) is 9.59 Å². The lowest BCUT2D eigenvalue weighted by Crippen LogP contribution is -2.49. The van der Waals surface area contributed by atoms with Gasteiger partial charge >= 0.3 is 12.0 Å². The molecule has 2 N–H and O–H groups in total. The van der Waals surface area contributed by atoms with Crippen molar-refractivity contribution in [3.63, 3.8) is 0 Å². The number of aliphatic carboxylic acids is 1. The van der Waals surface area contributed by atoms with E-state index in [-0.39, 0.29) is 11.9 Å². The van der Waals surface area contributed by atoms with Gasteiger partial charge < -0.3 is 15.3 Å². The number of carboxylic acid groups (broad SMARTS) is 1. The first-order chi connectivity index (χ1) is 11.0. The quantitative estimate of drug-likeness (QED) is 0.814. The van der Waals surface area contributed by atoms with Crippen LogP contribution in [0.25, 0.3) is 0 Å². The van der Waals surface area contributed by atoms with Gasteiger partial charge in [-0.15, -0.1) is 0 Å². The average Bonchev–Trinajstić information content (AvgIpc) is 2.52. The summed E-state index contributed by atoms with van der Waals surface area (Å²) in [5.41, 5.74) is 2.22. The third-order valence-electron chi connectivity index (χ3n) is 4.28. The Morgan fingerprint density at radius 2 is 2.22 bits per heavy atom. The Labute approximate surface area is 136 Å². The van der Waals surface area contributed by atoms with E-state index in [0.717, 1.165) is 24.1 Å². The summed E-state index contributed by atoms with van der Waals surface area (Å²) in [7, 11) is 0. The minimum Gasteiger partial charge on any atom is -0.481 e. The molecule has 2 unspecified atom stereocenters. The lowest BCUT2D eigenvalue weighted by Gasteiger charge is -2.34. The molecule has 2 rings (SSSR count). The summed E-state index contributed by atoms with van der Waals surface area (Å²) in [6, 6.07) is 3.78. The molecule has 2 amide bonds. The maximum absolute atomic E-state index is 12.2. The summed E-state index contributed by atoms with van der Waals surface area (Å²) >= 11 is 0. The number of carboxylic acids is 1. The number of likely N-dealkylation sites (tertiary alicyclic amines) is 1. The SMILES string of the molecule is Cc1cccnc1CCCNC(=O)N1CC(C)CC(C(=O)O)C1. The van der Waals surface area contributed by atoms with Crippen LogP contribution in [0.5, 0.6) is 0 Å². The Kier molecular flexibility index (Phi) is 5.96. The maximum Gasteiger partial charge on any atom is 0.317 e. The molecule has 6 heteroatoms. The van der Waals surface area contributed by atoms with Gasteiger partial charge in [0.25, 0.3) is 0 Å². The zero-order chi connectivity index (χ0) is 16.8. The molecular weight excluding hydrogens is 294 g/mol. The molecule has 6 nitrogen and oxygen atoms in total. The van der Waals surface area contributed by atoms with E-state index in [0.29, 0.717) is 26.1 Å². The van der Waals surface area contributed by atoms with Crippen LogP contribution in [-0.4, -0.2) is 46.6 Å². The predicted octanol–water partition coefficient (Wildman–Crippen LogP) is 2.07. The fourth-order valence-corrected chi connectivity index (χ4v) is 3.04. The van der Waals surface area contributed by atoms with Crippen molar-refractivity contribution < 1.29 is 14.7 Å². The topological polar surface area (TPSA) is 82.5 Å². The Morgan fingerprint density at radius 1 is 1.43 bits per heavy atom. The highest BCUT2D eigenvalue weighted by Crippen LogP contribution is 2.21. The second-order valence-corrected chi connectivity index (χ2v) is 6.38. The van der Waals surface area contributed by atoms with Crippen LogP contribution in [0.2, 0.25) is 0 Å². The lowest BCUT2D eigenvalue weighted by atomic mass is 9.91. The molecule has 0 radical (unpaired) electrons. The van der Waals surface area contributed by atoms with Gasteiger partial charge in [0.2, 0.25) is 0 Å². The Balaban J connectivity index is 1.76. The summed E-state index contributed by atoms with van der Waals surface area (Å²) in [6.45, 7) is 5.50. The van der Waals surface area contributed by atoms with E-state index >= 15 is 0 Å². The van der Waals surface area contributed by atoms with Crippen molar-refractivity contribution in [1.82, 2.24) is 15.2 Å². The molecule has 0 spiro atoms. The second kappa shape index (κ2) is 7.94. The summed E-state index contributed by atoms with van der Waals surface area (Å²) in [5.74, 6) is -1.06. The Hall–Kier alpha value is -2.11. The third kappa shape index (κ3) is 4.94. The highest BCUT2D eigenvalue weighted by Gasteiger charge is 2.31. The van der Waals surface area contributed by atoms with Crippen LogP contribution >= 0.6 is 0 Å². The number of carbonyl (C=O) groups is 2. The number of pyridine rings is 1. The molecule has 1 saturated heterocycles. The van der Waals surface area contributed by atoms with Crippen molar-refractivity contribution in [3.8, 4) is 0 Å². The molecule has 126 valence electrons. The van der Waals surface area contributed by atoms with Crippen LogP contribution < -0.4 is 5.32 Å². The number of hydrogen-bond donors (Lipinski definition) is 2. The number of hydrogen-bond acceptors (Lipinski definition) is 3. The van der Waals surface area contributed by atoms with Gasteiger partial charge in [-0.2, -0.15) is 0 Å². The molecule has 2 heterocycles.